The number of nitrogens with two attached hydrogens (primary N) is 1. The highest BCUT2D eigenvalue weighted by Crippen LogP contribution is 2.20. The Bertz CT molecular complexity index is 492. The Kier molecular flexibility index (Phi) is 2.18. The molecule has 0 radical (unpaired) electrons. The van der Waals surface area contributed by atoms with E-state index < -0.39 is 0 Å². The van der Waals surface area contributed by atoms with E-state index >= 15 is 0 Å². The number of rotatable bonds is 1. The summed E-state index contributed by atoms with van der Waals surface area (Å²) >= 11 is 0. The maximum atomic E-state index is 5.78. The lowest BCUT2D eigenvalue weighted by Crippen LogP contribution is -2.08. The molecule has 2 heteroatoms. The topological polar surface area (TPSA) is 38.9 Å². The van der Waals surface area contributed by atoms with Crippen molar-refractivity contribution in [2.24, 2.45) is 5.73 Å². The van der Waals surface area contributed by atoms with Gasteiger partial charge in [0.15, 0.2) is 0 Å². The number of benzene rings is 1. The molecule has 68 valence electrons. The second-order valence-corrected chi connectivity index (χ2v) is 3.07. The van der Waals surface area contributed by atoms with Crippen molar-refractivity contribution >= 4 is 10.9 Å². The van der Waals surface area contributed by atoms with Crippen LogP contribution in [0.25, 0.3) is 10.9 Å². The van der Waals surface area contributed by atoms with Crippen molar-refractivity contribution in [3.8, 4) is 12.3 Å². The lowest BCUT2D eigenvalue weighted by molar-refractivity contribution is 0.953. The van der Waals surface area contributed by atoms with Gasteiger partial charge in [-0.3, -0.25) is 4.98 Å². The minimum Gasteiger partial charge on any atom is -0.314 e. The molecule has 0 spiro atoms. The Morgan fingerprint density at radius 3 is 2.86 bits per heavy atom. The van der Waals surface area contributed by atoms with Gasteiger partial charge in [-0.1, -0.05) is 30.2 Å². The summed E-state index contributed by atoms with van der Waals surface area (Å²) in [4.78, 5) is 4.27. The third kappa shape index (κ3) is 1.34. The number of para-hydroxylation sites is 1. The van der Waals surface area contributed by atoms with Crippen LogP contribution in [0.5, 0.6) is 0 Å². The Morgan fingerprint density at radius 1 is 1.29 bits per heavy atom. The summed E-state index contributed by atoms with van der Waals surface area (Å²) in [5.41, 5.74) is 7.58. The van der Waals surface area contributed by atoms with E-state index in [0.29, 0.717) is 0 Å². The molecule has 0 aliphatic heterocycles. The Hall–Kier alpha value is -1.85. The summed E-state index contributed by atoms with van der Waals surface area (Å²) in [7, 11) is 0. The zero-order valence-electron chi connectivity index (χ0n) is 7.64. The number of hydrogen-bond acceptors (Lipinski definition) is 2. The lowest BCUT2D eigenvalue weighted by atomic mass is 10.0. The van der Waals surface area contributed by atoms with E-state index in [2.05, 4.69) is 10.9 Å². The fourth-order valence-corrected chi connectivity index (χ4v) is 1.47. The van der Waals surface area contributed by atoms with Crippen LogP contribution in [-0.2, 0) is 0 Å². The Morgan fingerprint density at radius 2 is 2.07 bits per heavy atom. The first-order valence-corrected chi connectivity index (χ1v) is 4.38. The molecule has 2 N–H and O–H groups in total. The van der Waals surface area contributed by atoms with Gasteiger partial charge in [0.25, 0.3) is 0 Å². The summed E-state index contributed by atoms with van der Waals surface area (Å²) in [6, 6.07) is 9.36. The summed E-state index contributed by atoms with van der Waals surface area (Å²) in [5, 5.41) is 1.07. The molecule has 1 unspecified atom stereocenters. The fraction of sp³-hybridized carbons (Fsp3) is 0.0833. The molecule has 1 heterocycles. The van der Waals surface area contributed by atoms with E-state index in [1.807, 2.05) is 30.3 Å². The van der Waals surface area contributed by atoms with Gasteiger partial charge in [-0.2, -0.15) is 0 Å². The van der Waals surface area contributed by atoms with Crippen molar-refractivity contribution in [3.05, 3.63) is 42.1 Å². The molecule has 2 aromatic rings. The molecule has 1 atom stereocenters. The Balaban J connectivity index is 2.72. The first-order valence-electron chi connectivity index (χ1n) is 4.38. The number of aromatic nitrogens is 1. The van der Waals surface area contributed by atoms with Crippen LogP contribution in [0.3, 0.4) is 0 Å². The third-order valence-corrected chi connectivity index (χ3v) is 2.18. The maximum absolute atomic E-state index is 5.78. The molecule has 1 aromatic carbocycles. The van der Waals surface area contributed by atoms with Gasteiger partial charge in [0.05, 0.1) is 11.6 Å². The van der Waals surface area contributed by atoms with Gasteiger partial charge >= 0.3 is 0 Å². The van der Waals surface area contributed by atoms with Crippen LogP contribution in [0.2, 0.25) is 0 Å². The second kappa shape index (κ2) is 3.49. The minimum absolute atomic E-state index is 0.381. The monoisotopic (exact) mass is 182 g/mol. The number of terminal acetylenes is 1. The number of nitrogens with zero attached hydrogens (tertiary/aromatic N) is 1. The number of fused-ring (bicyclic) bond motifs is 1. The molecule has 0 saturated heterocycles. The molecular formula is C12H10N2. The van der Waals surface area contributed by atoms with Crippen LogP contribution in [0.4, 0.5) is 0 Å². The highest BCUT2D eigenvalue weighted by atomic mass is 14.7. The summed E-state index contributed by atoms with van der Waals surface area (Å²) in [6.45, 7) is 0. The predicted octanol–water partition coefficient (Wildman–Crippen LogP) is 1.87. The molecule has 0 aliphatic rings. The standard InChI is InChI=1S/C12H10N2/c1-2-11(13)10-7-3-5-9-6-4-8-14-12(9)10/h1,3-8,11H,13H2. The van der Waals surface area contributed by atoms with E-state index in [1.165, 1.54) is 0 Å². The lowest BCUT2D eigenvalue weighted by Gasteiger charge is -2.07. The van der Waals surface area contributed by atoms with Crippen molar-refractivity contribution in [3.63, 3.8) is 0 Å². The van der Waals surface area contributed by atoms with Crippen LogP contribution in [0, 0.1) is 12.3 Å². The van der Waals surface area contributed by atoms with Crippen molar-refractivity contribution in [2.45, 2.75) is 6.04 Å². The van der Waals surface area contributed by atoms with Crippen LogP contribution in [0.15, 0.2) is 36.5 Å². The highest BCUT2D eigenvalue weighted by molar-refractivity contribution is 5.82. The Labute approximate surface area is 82.8 Å². The number of pyridine rings is 1. The maximum Gasteiger partial charge on any atom is 0.0939 e. The van der Waals surface area contributed by atoms with Gasteiger partial charge in [0.1, 0.15) is 0 Å². The third-order valence-electron chi connectivity index (χ3n) is 2.18. The molecule has 0 amide bonds. The van der Waals surface area contributed by atoms with Gasteiger partial charge in [0.2, 0.25) is 0 Å². The van der Waals surface area contributed by atoms with Gasteiger partial charge in [0, 0.05) is 17.1 Å². The SMILES string of the molecule is C#CC(N)c1cccc2cccnc12. The van der Waals surface area contributed by atoms with E-state index in [9.17, 15) is 0 Å². The molecule has 0 aliphatic carbocycles. The summed E-state index contributed by atoms with van der Waals surface area (Å²) in [5.74, 6) is 2.51. The molecule has 0 fully saturated rings. The predicted molar refractivity (Wildman–Crippen MR) is 57.5 cm³/mol. The summed E-state index contributed by atoms with van der Waals surface area (Å²) < 4.78 is 0. The average molecular weight is 182 g/mol. The highest BCUT2D eigenvalue weighted by Gasteiger charge is 2.06. The van der Waals surface area contributed by atoms with Gasteiger partial charge < -0.3 is 5.73 Å². The van der Waals surface area contributed by atoms with E-state index in [-0.39, 0.29) is 6.04 Å². The zero-order valence-corrected chi connectivity index (χ0v) is 7.64. The van der Waals surface area contributed by atoms with Crippen molar-refractivity contribution in [1.29, 1.82) is 0 Å². The molecule has 14 heavy (non-hydrogen) atoms. The van der Waals surface area contributed by atoms with Gasteiger partial charge in [-0.25, -0.2) is 0 Å². The van der Waals surface area contributed by atoms with E-state index in [1.54, 1.807) is 6.20 Å². The average Bonchev–Trinajstić information content (AvgIpc) is 2.27. The van der Waals surface area contributed by atoms with Crippen molar-refractivity contribution in [2.75, 3.05) is 0 Å². The zero-order chi connectivity index (χ0) is 9.97. The first-order chi connectivity index (χ1) is 6.83. The van der Waals surface area contributed by atoms with Gasteiger partial charge in [-0.15, -0.1) is 6.42 Å². The minimum atomic E-state index is -0.381. The normalized spacial score (nSPS) is 12.3. The van der Waals surface area contributed by atoms with Crippen molar-refractivity contribution < 1.29 is 0 Å². The summed E-state index contributed by atoms with van der Waals surface area (Å²) in [6.07, 6.45) is 7.04. The van der Waals surface area contributed by atoms with Crippen LogP contribution >= 0.6 is 0 Å². The first kappa shape index (κ1) is 8.74. The second-order valence-electron chi connectivity index (χ2n) is 3.07. The quantitative estimate of drug-likeness (QED) is 0.684. The largest absolute Gasteiger partial charge is 0.314 e. The number of hydrogen-bond donors (Lipinski definition) is 1. The van der Waals surface area contributed by atoms with Crippen molar-refractivity contribution in [1.82, 2.24) is 4.98 Å². The molecule has 2 nitrogen and oxygen atoms in total. The van der Waals surface area contributed by atoms with Crippen LogP contribution in [0.1, 0.15) is 11.6 Å². The molecule has 1 aromatic heterocycles. The van der Waals surface area contributed by atoms with Gasteiger partial charge in [-0.05, 0) is 6.07 Å². The molecular weight excluding hydrogens is 172 g/mol. The van der Waals surface area contributed by atoms with Crippen LogP contribution < -0.4 is 5.73 Å². The smallest absolute Gasteiger partial charge is 0.0939 e. The van der Waals surface area contributed by atoms with E-state index in [0.717, 1.165) is 16.5 Å². The molecule has 0 bridgehead atoms. The molecule has 2 rings (SSSR count). The van der Waals surface area contributed by atoms with E-state index in [4.69, 9.17) is 12.2 Å². The van der Waals surface area contributed by atoms with Crippen LogP contribution in [-0.4, -0.2) is 4.98 Å². The fourth-order valence-electron chi connectivity index (χ4n) is 1.47. The molecule has 0 saturated carbocycles.